The molecule has 0 spiro atoms. The molecule has 0 radical (unpaired) electrons. The Morgan fingerprint density at radius 3 is 1.52 bits per heavy atom. The molecule has 0 bridgehead atoms. The van der Waals surface area contributed by atoms with Crippen molar-refractivity contribution < 1.29 is 50.2 Å². The second kappa shape index (κ2) is 18.4. The standard InChI is InChI=1S/C45H47N3O12P2S/c1-31-9-19-41(39(29-31)44(48-50,61(51,56-5)57-6)34-21-25-46-26-22-34)63(53,54)42-20-18-38(30-40(42)45(49,62(52,58-7)59-8)35-23-27-47-28-24-35)60-37-16-12-33(13-17-37)43(2,3)32-10-14-36(55-4)15-11-32/h9-30,49H,1-8H3. The first-order chi connectivity index (χ1) is 30.0. The van der Waals surface area contributed by atoms with E-state index in [1.54, 1.807) is 26.2 Å². The van der Waals surface area contributed by atoms with Crippen LogP contribution >= 0.6 is 15.2 Å². The summed E-state index contributed by atoms with van der Waals surface area (Å²) in [5.41, 5.74) is 0.982. The Labute approximate surface area is 366 Å². The zero-order chi connectivity index (χ0) is 45.8. The number of ether oxygens (including phenoxy) is 2. The van der Waals surface area contributed by atoms with Gasteiger partial charge in [-0.05, 0) is 96.0 Å². The lowest BCUT2D eigenvalue weighted by Crippen LogP contribution is -2.32. The molecule has 18 heteroatoms. The minimum Gasteiger partial charge on any atom is -0.497 e. The molecule has 0 aliphatic carbocycles. The largest absolute Gasteiger partial charge is 0.497 e. The van der Waals surface area contributed by atoms with Crippen LogP contribution < -0.4 is 9.47 Å². The van der Waals surface area contributed by atoms with E-state index in [0.717, 1.165) is 51.4 Å². The van der Waals surface area contributed by atoms with Crippen LogP contribution in [0.1, 0.15) is 52.8 Å². The maximum absolute atomic E-state index is 15.5. The van der Waals surface area contributed by atoms with Gasteiger partial charge in [-0.2, -0.15) is 0 Å². The lowest BCUT2D eigenvalue weighted by Gasteiger charge is -2.36. The number of sulfone groups is 1. The Balaban J connectivity index is 1.60. The third-order valence-electron chi connectivity index (χ3n) is 11.1. The summed E-state index contributed by atoms with van der Waals surface area (Å²) in [6.07, 6.45) is 5.23. The SMILES string of the molecule is COc1ccc(C(C)(C)c2ccc(Oc3ccc(S(=O)(=O)c4ccc(C)cc4C(N=O)(c4ccncc4)P(=O)(OC)OC)c(C(O)(c4ccncc4)P(=O)(OC)OC)c3)cc2)cc1. The molecule has 0 saturated heterocycles. The van der Waals surface area contributed by atoms with Crippen LogP contribution in [-0.4, -0.2) is 59.0 Å². The summed E-state index contributed by atoms with van der Waals surface area (Å²) in [6, 6.07) is 28.1. The summed E-state index contributed by atoms with van der Waals surface area (Å²) < 4.78 is 93.8. The fourth-order valence-corrected chi connectivity index (χ4v) is 12.7. The van der Waals surface area contributed by atoms with Gasteiger partial charge in [0, 0.05) is 80.9 Å². The van der Waals surface area contributed by atoms with Gasteiger partial charge in [-0.1, -0.05) is 55.8 Å². The first-order valence-corrected chi connectivity index (χ1v) is 23.8. The minimum atomic E-state index is -5.02. The average Bonchev–Trinajstić information content (AvgIpc) is 3.32. The molecule has 63 heavy (non-hydrogen) atoms. The zero-order valence-corrected chi connectivity index (χ0v) is 38.4. The van der Waals surface area contributed by atoms with Gasteiger partial charge in [0.05, 0.1) is 16.9 Å². The van der Waals surface area contributed by atoms with E-state index in [2.05, 4.69) is 29.0 Å². The molecule has 15 nitrogen and oxygen atoms in total. The van der Waals surface area contributed by atoms with Crippen LogP contribution in [0.15, 0.2) is 149 Å². The molecule has 330 valence electrons. The van der Waals surface area contributed by atoms with Gasteiger partial charge in [-0.25, -0.2) is 8.42 Å². The van der Waals surface area contributed by atoms with Crippen molar-refractivity contribution >= 4 is 25.0 Å². The highest BCUT2D eigenvalue weighted by Gasteiger charge is 2.59. The number of hydrogen-bond donors (Lipinski definition) is 1. The van der Waals surface area contributed by atoms with Crippen LogP contribution in [0, 0.1) is 11.8 Å². The molecule has 2 unspecified atom stereocenters. The van der Waals surface area contributed by atoms with E-state index in [-0.39, 0.29) is 22.4 Å². The zero-order valence-electron chi connectivity index (χ0n) is 35.8. The predicted molar refractivity (Wildman–Crippen MR) is 236 cm³/mol. The summed E-state index contributed by atoms with van der Waals surface area (Å²) >= 11 is 0. The number of nitroso groups, excluding NO2 is 1. The van der Waals surface area contributed by atoms with Crippen molar-refractivity contribution in [3.63, 3.8) is 0 Å². The van der Waals surface area contributed by atoms with Gasteiger partial charge in [-0.15, -0.1) is 4.91 Å². The summed E-state index contributed by atoms with van der Waals surface area (Å²) in [4.78, 5) is 20.2. The Morgan fingerprint density at radius 1 is 0.571 bits per heavy atom. The second-order valence-electron chi connectivity index (χ2n) is 14.8. The molecule has 0 aliphatic heterocycles. The number of nitrogens with zero attached hydrogens (tertiary/aromatic N) is 3. The van der Waals surface area contributed by atoms with E-state index in [1.165, 1.54) is 79.4 Å². The van der Waals surface area contributed by atoms with Crippen molar-refractivity contribution in [2.24, 2.45) is 5.18 Å². The third kappa shape index (κ3) is 8.18. The maximum atomic E-state index is 15.5. The van der Waals surface area contributed by atoms with Gasteiger partial charge in [0.2, 0.25) is 15.2 Å². The van der Waals surface area contributed by atoms with Gasteiger partial charge < -0.3 is 32.7 Å². The van der Waals surface area contributed by atoms with Crippen LogP contribution in [0.25, 0.3) is 0 Å². The Morgan fingerprint density at radius 2 is 1.03 bits per heavy atom. The molecule has 2 aromatic heterocycles. The molecular formula is C45H47N3O12P2S. The number of hydrogen-bond acceptors (Lipinski definition) is 15. The lowest BCUT2D eigenvalue weighted by atomic mass is 9.78. The molecule has 2 heterocycles. The molecule has 0 fully saturated rings. The average molecular weight is 916 g/mol. The Hall–Kier alpha value is -5.41. The molecule has 6 aromatic rings. The second-order valence-corrected chi connectivity index (χ2v) is 21.4. The first kappa shape index (κ1) is 47.1. The highest BCUT2D eigenvalue weighted by atomic mass is 32.2. The number of aromatic nitrogens is 2. The van der Waals surface area contributed by atoms with Gasteiger partial charge in [0.1, 0.15) is 17.2 Å². The third-order valence-corrected chi connectivity index (χ3v) is 17.5. The summed E-state index contributed by atoms with van der Waals surface area (Å²) in [5.74, 6) is 1.10. The smallest absolute Gasteiger partial charge is 0.370 e. The van der Waals surface area contributed by atoms with Crippen LogP contribution in [-0.2, 0) is 53.1 Å². The minimum absolute atomic E-state index is 0.0189. The number of pyridine rings is 2. The number of aliphatic hydroxyl groups is 1. The van der Waals surface area contributed by atoms with Crippen LogP contribution in [0.3, 0.4) is 0 Å². The number of aryl methyl sites for hydroxylation is 1. The monoisotopic (exact) mass is 915 g/mol. The van der Waals surface area contributed by atoms with E-state index in [0.29, 0.717) is 11.3 Å². The fourth-order valence-electron chi connectivity index (χ4n) is 7.52. The normalized spacial score (nSPS) is 14.3. The predicted octanol–water partition coefficient (Wildman–Crippen LogP) is 9.88. The van der Waals surface area contributed by atoms with Crippen molar-refractivity contribution in [1.82, 2.24) is 9.97 Å². The topological polar surface area (TPSA) is 199 Å². The van der Waals surface area contributed by atoms with Gasteiger partial charge in [-0.3, -0.25) is 19.1 Å². The Bertz CT molecular complexity index is 2780. The van der Waals surface area contributed by atoms with Crippen LogP contribution in [0.5, 0.6) is 17.2 Å². The summed E-state index contributed by atoms with van der Waals surface area (Å²) in [7, 11) is -8.76. The van der Waals surface area contributed by atoms with Crippen molar-refractivity contribution in [2.75, 3.05) is 35.5 Å². The van der Waals surface area contributed by atoms with E-state index in [1.807, 2.05) is 36.4 Å². The molecule has 0 amide bonds. The molecular weight excluding hydrogens is 869 g/mol. The number of rotatable bonds is 18. The van der Waals surface area contributed by atoms with Crippen molar-refractivity contribution in [3.8, 4) is 17.2 Å². The van der Waals surface area contributed by atoms with Crippen molar-refractivity contribution in [3.05, 3.63) is 178 Å². The molecule has 6 rings (SSSR count). The molecule has 1 N–H and O–H groups in total. The van der Waals surface area contributed by atoms with E-state index in [4.69, 9.17) is 27.6 Å². The quantitative estimate of drug-likeness (QED) is 0.0631. The first-order valence-electron chi connectivity index (χ1n) is 19.2. The van der Waals surface area contributed by atoms with Crippen molar-refractivity contribution in [2.45, 2.75) is 46.6 Å². The van der Waals surface area contributed by atoms with Gasteiger partial charge in [0.15, 0.2) is 0 Å². The molecule has 4 aromatic carbocycles. The van der Waals surface area contributed by atoms with Gasteiger partial charge >= 0.3 is 15.2 Å². The highest BCUT2D eigenvalue weighted by Crippen LogP contribution is 2.69. The lowest BCUT2D eigenvalue weighted by molar-refractivity contribution is 0.109. The summed E-state index contributed by atoms with van der Waals surface area (Å²) in [5, 5.41) is 10.9. The molecule has 2 atom stereocenters. The Kier molecular flexibility index (Phi) is 13.7. The van der Waals surface area contributed by atoms with Crippen LogP contribution in [0.2, 0.25) is 0 Å². The number of benzene rings is 4. The van der Waals surface area contributed by atoms with Crippen LogP contribution in [0.4, 0.5) is 0 Å². The number of methoxy groups -OCH3 is 1. The van der Waals surface area contributed by atoms with Gasteiger partial charge in [0.25, 0.3) is 5.28 Å². The highest BCUT2D eigenvalue weighted by molar-refractivity contribution is 7.91. The molecule has 0 saturated carbocycles. The van der Waals surface area contributed by atoms with E-state index < -0.39 is 56.4 Å². The maximum Gasteiger partial charge on any atom is 0.370 e. The summed E-state index contributed by atoms with van der Waals surface area (Å²) in [6.45, 7) is 5.79. The van der Waals surface area contributed by atoms with E-state index >= 15 is 8.42 Å². The van der Waals surface area contributed by atoms with E-state index in [9.17, 15) is 19.1 Å². The fraction of sp³-hybridized carbons (Fsp3) is 0.244. The van der Waals surface area contributed by atoms with Crippen molar-refractivity contribution in [1.29, 1.82) is 0 Å². The molecule has 0 aliphatic rings.